The van der Waals surface area contributed by atoms with Gasteiger partial charge in [0.1, 0.15) is 11.6 Å². The van der Waals surface area contributed by atoms with Crippen molar-refractivity contribution in [3.05, 3.63) is 95.1 Å². The van der Waals surface area contributed by atoms with Gasteiger partial charge in [-0.2, -0.15) is 0 Å². The number of hydrogen-bond acceptors (Lipinski definition) is 5. The standard InChI is InChI=1S/C35H39N3O5/c1-35(2,3)43-33(40)37-21-23(20-30(37)32(39)36-29-19-11-13-22-12-5-6-14-24(22)29)38(34(41)42-4)31-27-17-9-7-15-25(27)26-16-8-10-18-28(26)31/h5-10,12,14-18,23,29-31H,11,13,19-21H2,1-4H3,(H,36,39)/t23-,29+,30-/m0/s1. The van der Waals surface area contributed by atoms with E-state index in [2.05, 4.69) is 29.6 Å². The lowest BCUT2D eigenvalue weighted by molar-refractivity contribution is -0.126. The third-order valence-corrected chi connectivity index (χ3v) is 8.75. The molecule has 3 atom stereocenters. The molecule has 1 N–H and O–H groups in total. The second kappa shape index (κ2) is 11.4. The van der Waals surface area contributed by atoms with Crippen molar-refractivity contribution >= 4 is 18.1 Å². The average Bonchev–Trinajstić information content (AvgIpc) is 3.58. The summed E-state index contributed by atoms with van der Waals surface area (Å²) in [7, 11) is 1.37. The highest BCUT2D eigenvalue weighted by Gasteiger charge is 2.49. The molecular weight excluding hydrogens is 542 g/mol. The molecule has 1 heterocycles. The van der Waals surface area contributed by atoms with E-state index in [9.17, 15) is 14.4 Å². The molecular formula is C35H39N3O5. The van der Waals surface area contributed by atoms with Gasteiger partial charge in [-0.3, -0.25) is 14.6 Å². The zero-order valence-electron chi connectivity index (χ0n) is 25.2. The van der Waals surface area contributed by atoms with E-state index in [4.69, 9.17) is 9.47 Å². The van der Waals surface area contributed by atoms with Crippen LogP contribution >= 0.6 is 0 Å². The fraction of sp³-hybridized carbons (Fsp3) is 0.400. The summed E-state index contributed by atoms with van der Waals surface area (Å²) in [5, 5.41) is 3.25. The molecule has 0 unspecified atom stereocenters. The van der Waals surface area contributed by atoms with Gasteiger partial charge < -0.3 is 14.8 Å². The van der Waals surface area contributed by atoms with Gasteiger partial charge in [0.2, 0.25) is 5.91 Å². The molecule has 43 heavy (non-hydrogen) atoms. The number of hydrogen-bond donors (Lipinski definition) is 1. The molecule has 3 aliphatic rings. The highest BCUT2D eigenvalue weighted by Crippen LogP contribution is 2.48. The maximum atomic E-state index is 14.0. The predicted octanol–water partition coefficient (Wildman–Crippen LogP) is 6.40. The Morgan fingerprint density at radius 2 is 1.49 bits per heavy atom. The van der Waals surface area contributed by atoms with Crippen molar-refractivity contribution in [2.45, 2.75) is 76.2 Å². The number of amides is 3. The summed E-state index contributed by atoms with van der Waals surface area (Å²) in [4.78, 5) is 44.4. The van der Waals surface area contributed by atoms with Crippen LogP contribution in [0.3, 0.4) is 0 Å². The number of aryl methyl sites for hydroxylation is 1. The first kappa shape index (κ1) is 28.8. The molecule has 1 fully saturated rings. The van der Waals surface area contributed by atoms with Crippen LogP contribution in [0.1, 0.15) is 74.4 Å². The second-order valence-corrected chi connectivity index (χ2v) is 12.6. The van der Waals surface area contributed by atoms with Crippen molar-refractivity contribution in [2.24, 2.45) is 0 Å². The first-order valence-electron chi connectivity index (χ1n) is 15.1. The van der Waals surface area contributed by atoms with Crippen LogP contribution in [0.2, 0.25) is 0 Å². The Hall–Kier alpha value is -4.33. The van der Waals surface area contributed by atoms with Gasteiger partial charge in [-0.05, 0) is 79.8 Å². The van der Waals surface area contributed by atoms with E-state index in [1.165, 1.54) is 17.6 Å². The Morgan fingerprint density at radius 3 is 2.12 bits per heavy atom. The van der Waals surface area contributed by atoms with Gasteiger partial charge in [0.05, 0.1) is 25.2 Å². The Kier molecular flexibility index (Phi) is 7.63. The Morgan fingerprint density at radius 1 is 0.884 bits per heavy atom. The molecule has 1 aliphatic heterocycles. The quantitative estimate of drug-likeness (QED) is 0.385. The first-order chi connectivity index (χ1) is 20.7. The zero-order valence-corrected chi connectivity index (χ0v) is 25.2. The summed E-state index contributed by atoms with van der Waals surface area (Å²) in [5.41, 5.74) is 5.71. The van der Waals surface area contributed by atoms with E-state index in [0.29, 0.717) is 0 Å². The number of methoxy groups -OCH3 is 1. The summed E-state index contributed by atoms with van der Waals surface area (Å²) < 4.78 is 11.1. The fourth-order valence-electron chi connectivity index (χ4n) is 6.96. The predicted molar refractivity (Wildman–Crippen MR) is 163 cm³/mol. The monoisotopic (exact) mass is 581 g/mol. The molecule has 8 nitrogen and oxygen atoms in total. The number of ether oxygens (including phenoxy) is 2. The van der Waals surface area contributed by atoms with Crippen LogP contribution in [0.15, 0.2) is 72.8 Å². The molecule has 8 heteroatoms. The number of benzene rings is 3. The van der Waals surface area contributed by atoms with Crippen LogP contribution in [0.5, 0.6) is 0 Å². The van der Waals surface area contributed by atoms with E-state index in [0.717, 1.165) is 47.1 Å². The summed E-state index contributed by atoms with van der Waals surface area (Å²) in [6.07, 6.45) is 1.96. The van der Waals surface area contributed by atoms with Gasteiger partial charge in [0.15, 0.2) is 0 Å². The number of carbonyl (C=O) groups is 3. The van der Waals surface area contributed by atoms with Crippen LogP contribution in [-0.2, 0) is 20.7 Å². The molecule has 3 aromatic rings. The van der Waals surface area contributed by atoms with Crippen molar-refractivity contribution in [1.82, 2.24) is 15.1 Å². The lowest BCUT2D eigenvalue weighted by Gasteiger charge is -2.34. The lowest BCUT2D eigenvalue weighted by Crippen LogP contribution is -2.48. The summed E-state index contributed by atoms with van der Waals surface area (Å²) >= 11 is 0. The minimum absolute atomic E-state index is 0.137. The van der Waals surface area contributed by atoms with E-state index >= 15 is 0 Å². The topological polar surface area (TPSA) is 88.2 Å². The van der Waals surface area contributed by atoms with Crippen LogP contribution < -0.4 is 5.32 Å². The Labute approximate surface area is 253 Å². The zero-order chi connectivity index (χ0) is 30.3. The van der Waals surface area contributed by atoms with Crippen molar-refractivity contribution in [1.29, 1.82) is 0 Å². The van der Waals surface area contributed by atoms with Crippen LogP contribution in [-0.4, -0.2) is 59.2 Å². The van der Waals surface area contributed by atoms with E-state index in [-0.39, 0.29) is 24.9 Å². The number of nitrogens with one attached hydrogen (secondary N) is 1. The Balaban J connectivity index is 1.34. The minimum atomic E-state index is -0.812. The van der Waals surface area contributed by atoms with Gasteiger partial charge in [0.25, 0.3) is 0 Å². The molecule has 6 rings (SSSR count). The van der Waals surface area contributed by atoms with Crippen molar-refractivity contribution < 1.29 is 23.9 Å². The molecule has 0 bridgehead atoms. The van der Waals surface area contributed by atoms with Gasteiger partial charge in [-0.1, -0.05) is 72.8 Å². The largest absolute Gasteiger partial charge is 0.453 e. The number of rotatable bonds is 4. The molecule has 0 spiro atoms. The molecule has 0 radical (unpaired) electrons. The maximum Gasteiger partial charge on any atom is 0.411 e. The van der Waals surface area contributed by atoms with Crippen molar-refractivity contribution in [2.75, 3.05) is 13.7 Å². The number of likely N-dealkylation sites (tertiary alicyclic amines) is 1. The fourth-order valence-corrected chi connectivity index (χ4v) is 6.96. The normalized spacial score (nSPS) is 20.9. The van der Waals surface area contributed by atoms with Crippen LogP contribution in [0.25, 0.3) is 11.1 Å². The molecule has 0 aromatic heterocycles. The Bertz CT molecular complexity index is 1500. The molecule has 0 saturated carbocycles. The van der Waals surface area contributed by atoms with Gasteiger partial charge >= 0.3 is 12.2 Å². The summed E-state index contributed by atoms with van der Waals surface area (Å²) in [6.45, 7) is 5.56. The number of fused-ring (bicyclic) bond motifs is 4. The van der Waals surface area contributed by atoms with Gasteiger partial charge in [0, 0.05) is 6.54 Å². The highest BCUT2D eigenvalue weighted by molar-refractivity contribution is 5.87. The summed E-state index contributed by atoms with van der Waals surface area (Å²) in [6, 6.07) is 22.4. The average molecular weight is 582 g/mol. The summed E-state index contributed by atoms with van der Waals surface area (Å²) in [5.74, 6) is -0.243. The van der Waals surface area contributed by atoms with E-state index < -0.39 is 35.9 Å². The maximum absolute atomic E-state index is 14.0. The van der Waals surface area contributed by atoms with Crippen molar-refractivity contribution in [3.8, 4) is 11.1 Å². The smallest absolute Gasteiger partial charge is 0.411 e. The lowest BCUT2D eigenvalue weighted by atomic mass is 9.87. The molecule has 2 aliphatic carbocycles. The van der Waals surface area contributed by atoms with Crippen LogP contribution in [0, 0.1) is 0 Å². The first-order valence-corrected chi connectivity index (χ1v) is 15.1. The van der Waals surface area contributed by atoms with Gasteiger partial charge in [-0.15, -0.1) is 0 Å². The van der Waals surface area contributed by atoms with Crippen molar-refractivity contribution in [3.63, 3.8) is 0 Å². The molecule has 3 amide bonds. The van der Waals surface area contributed by atoms with E-state index in [1.807, 2.05) is 48.5 Å². The second-order valence-electron chi connectivity index (χ2n) is 12.6. The van der Waals surface area contributed by atoms with Gasteiger partial charge in [-0.25, -0.2) is 9.59 Å². The third kappa shape index (κ3) is 5.46. The molecule has 224 valence electrons. The van der Waals surface area contributed by atoms with Crippen LogP contribution in [0.4, 0.5) is 9.59 Å². The van der Waals surface area contributed by atoms with E-state index in [1.54, 1.807) is 25.7 Å². The third-order valence-electron chi connectivity index (χ3n) is 8.75. The minimum Gasteiger partial charge on any atom is -0.453 e. The number of carbonyl (C=O) groups excluding carboxylic acids is 3. The highest BCUT2D eigenvalue weighted by atomic mass is 16.6. The SMILES string of the molecule is COC(=O)N(C1c2ccccc2-c2ccccc21)[C@H]1C[C@@H](C(=O)N[C@@H]2CCCc3ccccc32)N(C(=O)OC(C)(C)C)C1. The molecule has 3 aromatic carbocycles. The molecule has 1 saturated heterocycles. The number of nitrogens with zero attached hydrogens (tertiary/aromatic N) is 2.